The average Bonchev–Trinajstić information content (AvgIpc) is 2.51. The second-order valence-electron chi connectivity index (χ2n) is 4.43. The SMILES string of the molecule is O=C(CSCc1ccccc1Cl)N/N=C/c1ccc(F)cc1. The normalized spacial score (nSPS) is 10.8. The van der Waals surface area contributed by atoms with Crippen LogP contribution in [0.15, 0.2) is 53.6 Å². The van der Waals surface area contributed by atoms with Gasteiger partial charge in [0.05, 0.1) is 12.0 Å². The van der Waals surface area contributed by atoms with Crippen LogP contribution < -0.4 is 5.43 Å². The fraction of sp³-hybridized carbons (Fsp3) is 0.125. The Morgan fingerprint density at radius 2 is 1.95 bits per heavy atom. The molecule has 2 aromatic rings. The van der Waals surface area contributed by atoms with Crippen molar-refractivity contribution in [3.05, 3.63) is 70.5 Å². The molecule has 0 unspecified atom stereocenters. The second kappa shape index (κ2) is 8.56. The Kier molecular flexibility index (Phi) is 6.43. The Morgan fingerprint density at radius 1 is 1.23 bits per heavy atom. The lowest BCUT2D eigenvalue weighted by Crippen LogP contribution is -2.19. The highest BCUT2D eigenvalue weighted by Crippen LogP contribution is 2.20. The molecule has 0 radical (unpaired) electrons. The highest BCUT2D eigenvalue weighted by atomic mass is 35.5. The molecule has 0 aliphatic rings. The number of benzene rings is 2. The lowest BCUT2D eigenvalue weighted by Gasteiger charge is -2.03. The van der Waals surface area contributed by atoms with Gasteiger partial charge in [-0.1, -0.05) is 41.9 Å². The lowest BCUT2D eigenvalue weighted by atomic mass is 10.2. The highest BCUT2D eigenvalue weighted by Gasteiger charge is 2.03. The summed E-state index contributed by atoms with van der Waals surface area (Å²) in [5.74, 6) is 0.438. The lowest BCUT2D eigenvalue weighted by molar-refractivity contribution is -0.118. The van der Waals surface area contributed by atoms with E-state index in [0.29, 0.717) is 16.3 Å². The summed E-state index contributed by atoms with van der Waals surface area (Å²) in [5.41, 5.74) is 4.14. The van der Waals surface area contributed by atoms with Gasteiger partial charge < -0.3 is 0 Å². The number of halogens is 2. The first-order chi connectivity index (χ1) is 10.6. The number of nitrogens with zero attached hydrogens (tertiary/aromatic N) is 1. The van der Waals surface area contributed by atoms with Gasteiger partial charge in [-0.15, -0.1) is 11.8 Å². The van der Waals surface area contributed by atoms with E-state index in [1.807, 2.05) is 24.3 Å². The number of nitrogens with one attached hydrogen (secondary N) is 1. The third kappa shape index (κ3) is 5.50. The molecule has 1 amide bonds. The van der Waals surface area contributed by atoms with Crippen molar-refractivity contribution < 1.29 is 9.18 Å². The predicted molar refractivity (Wildman–Crippen MR) is 89.8 cm³/mol. The summed E-state index contributed by atoms with van der Waals surface area (Å²) in [6.45, 7) is 0. The summed E-state index contributed by atoms with van der Waals surface area (Å²) in [5, 5.41) is 4.53. The third-order valence-corrected chi connectivity index (χ3v) is 4.07. The number of rotatable bonds is 6. The molecule has 0 atom stereocenters. The predicted octanol–water partition coefficient (Wildman–Crippen LogP) is 3.86. The minimum absolute atomic E-state index is 0.199. The topological polar surface area (TPSA) is 41.5 Å². The van der Waals surface area contributed by atoms with E-state index in [1.54, 1.807) is 12.1 Å². The molecule has 0 saturated heterocycles. The van der Waals surface area contributed by atoms with Crippen LogP contribution in [0.4, 0.5) is 4.39 Å². The van der Waals surface area contributed by atoms with E-state index >= 15 is 0 Å². The average molecular weight is 337 g/mol. The molecule has 0 fully saturated rings. The van der Waals surface area contributed by atoms with Crippen molar-refractivity contribution in [2.24, 2.45) is 5.10 Å². The van der Waals surface area contributed by atoms with E-state index < -0.39 is 0 Å². The van der Waals surface area contributed by atoms with E-state index in [1.165, 1.54) is 30.1 Å². The van der Waals surface area contributed by atoms with Gasteiger partial charge in [0.1, 0.15) is 5.82 Å². The van der Waals surface area contributed by atoms with E-state index in [2.05, 4.69) is 10.5 Å². The molecule has 2 aromatic carbocycles. The number of hydrazone groups is 1. The van der Waals surface area contributed by atoms with E-state index in [-0.39, 0.29) is 17.5 Å². The number of hydrogen-bond acceptors (Lipinski definition) is 3. The molecule has 2 rings (SSSR count). The van der Waals surface area contributed by atoms with Gasteiger partial charge in [-0.05, 0) is 29.3 Å². The van der Waals surface area contributed by atoms with Crippen LogP contribution in [0.3, 0.4) is 0 Å². The van der Waals surface area contributed by atoms with E-state index in [0.717, 1.165) is 5.56 Å². The zero-order valence-corrected chi connectivity index (χ0v) is 13.2. The van der Waals surface area contributed by atoms with Crippen molar-refractivity contribution in [3.8, 4) is 0 Å². The minimum atomic E-state index is -0.308. The molecule has 0 bridgehead atoms. The number of carbonyl (C=O) groups is 1. The molecule has 0 heterocycles. The standard InChI is InChI=1S/C16H14ClFN2OS/c17-15-4-2-1-3-13(15)10-22-11-16(21)20-19-9-12-5-7-14(18)8-6-12/h1-9H,10-11H2,(H,20,21)/b19-9+. The zero-order valence-electron chi connectivity index (χ0n) is 11.6. The molecular weight excluding hydrogens is 323 g/mol. The maximum atomic E-state index is 12.7. The zero-order chi connectivity index (χ0) is 15.8. The van der Waals surface area contributed by atoms with Crippen molar-refractivity contribution in [2.75, 3.05) is 5.75 Å². The van der Waals surface area contributed by atoms with Crippen molar-refractivity contribution in [2.45, 2.75) is 5.75 Å². The second-order valence-corrected chi connectivity index (χ2v) is 5.82. The Bertz CT molecular complexity index is 661. The monoisotopic (exact) mass is 336 g/mol. The van der Waals surface area contributed by atoms with Crippen LogP contribution in [0.1, 0.15) is 11.1 Å². The third-order valence-electron chi connectivity index (χ3n) is 2.72. The number of hydrogen-bond donors (Lipinski definition) is 1. The van der Waals surface area contributed by atoms with Gasteiger partial charge in [-0.2, -0.15) is 5.10 Å². The van der Waals surface area contributed by atoms with Crippen LogP contribution in [-0.2, 0) is 10.5 Å². The number of thioether (sulfide) groups is 1. The summed E-state index contributed by atoms with van der Waals surface area (Å²) in [6.07, 6.45) is 1.47. The summed E-state index contributed by atoms with van der Waals surface area (Å²) < 4.78 is 12.7. The molecule has 0 spiro atoms. The van der Waals surface area contributed by atoms with Crippen LogP contribution in [0.2, 0.25) is 5.02 Å². The van der Waals surface area contributed by atoms with Gasteiger partial charge >= 0.3 is 0 Å². The molecule has 0 aliphatic heterocycles. The van der Waals surface area contributed by atoms with Crippen LogP contribution in [0.5, 0.6) is 0 Å². The van der Waals surface area contributed by atoms with Gasteiger partial charge in [0.2, 0.25) is 5.91 Å². The van der Waals surface area contributed by atoms with Crippen LogP contribution in [-0.4, -0.2) is 17.9 Å². The van der Waals surface area contributed by atoms with Gasteiger partial charge in [-0.25, -0.2) is 9.82 Å². The molecule has 0 saturated carbocycles. The van der Waals surface area contributed by atoms with Gasteiger partial charge in [-0.3, -0.25) is 4.79 Å². The first-order valence-corrected chi connectivity index (χ1v) is 8.07. The molecule has 3 nitrogen and oxygen atoms in total. The number of amides is 1. The van der Waals surface area contributed by atoms with Crippen molar-refractivity contribution >= 4 is 35.5 Å². The Labute approximate surface area is 137 Å². The fourth-order valence-corrected chi connectivity index (χ4v) is 2.73. The van der Waals surface area contributed by atoms with Crippen LogP contribution >= 0.6 is 23.4 Å². The maximum absolute atomic E-state index is 12.7. The highest BCUT2D eigenvalue weighted by molar-refractivity contribution is 7.99. The van der Waals surface area contributed by atoms with E-state index in [9.17, 15) is 9.18 Å². The Hall–Kier alpha value is -1.85. The molecule has 6 heteroatoms. The molecule has 0 aromatic heterocycles. The van der Waals surface area contributed by atoms with Gasteiger partial charge in [0, 0.05) is 10.8 Å². The summed E-state index contributed by atoms with van der Waals surface area (Å²) in [7, 11) is 0. The number of carbonyl (C=O) groups excluding carboxylic acids is 1. The molecule has 0 aliphatic carbocycles. The fourth-order valence-electron chi connectivity index (χ4n) is 1.63. The first-order valence-electron chi connectivity index (χ1n) is 6.54. The van der Waals surface area contributed by atoms with Crippen molar-refractivity contribution in [3.63, 3.8) is 0 Å². The molecule has 1 N–H and O–H groups in total. The van der Waals surface area contributed by atoms with Crippen LogP contribution in [0.25, 0.3) is 0 Å². The summed E-state index contributed by atoms with van der Waals surface area (Å²) >= 11 is 7.49. The first kappa shape index (κ1) is 16.5. The Balaban J connectivity index is 1.72. The summed E-state index contributed by atoms with van der Waals surface area (Å²) in [4.78, 5) is 11.6. The smallest absolute Gasteiger partial charge is 0.250 e. The minimum Gasteiger partial charge on any atom is -0.272 e. The molecule has 22 heavy (non-hydrogen) atoms. The quantitative estimate of drug-likeness (QED) is 0.643. The van der Waals surface area contributed by atoms with Gasteiger partial charge in [0.25, 0.3) is 0 Å². The van der Waals surface area contributed by atoms with Crippen LogP contribution in [0, 0.1) is 5.82 Å². The van der Waals surface area contributed by atoms with E-state index in [4.69, 9.17) is 11.6 Å². The Morgan fingerprint density at radius 3 is 2.68 bits per heavy atom. The molecule has 114 valence electrons. The summed E-state index contributed by atoms with van der Waals surface area (Å²) in [6, 6.07) is 13.4. The maximum Gasteiger partial charge on any atom is 0.250 e. The van der Waals surface area contributed by atoms with Gasteiger partial charge in [0.15, 0.2) is 0 Å². The van der Waals surface area contributed by atoms with Crippen molar-refractivity contribution in [1.29, 1.82) is 0 Å². The largest absolute Gasteiger partial charge is 0.272 e. The molecular formula is C16H14ClFN2OS. The van der Waals surface area contributed by atoms with Crippen molar-refractivity contribution in [1.82, 2.24) is 5.43 Å².